The number of aliphatic carboxylic acids is 1. The van der Waals surface area contributed by atoms with Crippen LogP contribution in [0.25, 0.3) is 10.9 Å². The Morgan fingerprint density at radius 2 is 1.61 bits per heavy atom. The van der Waals surface area contributed by atoms with Crippen LogP contribution in [0.4, 0.5) is 0 Å². The van der Waals surface area contributed by atoms with Gasteiger partial charge in [0.2, 0.25) is 17.7 Å². The van der Waals surface area contributed by atoms with Crippen molar-refractivity contribution in [3.05, 3.63) is 36.0 Å². The summed E-state index contributed by atoms with van der Waals surface area (Å²) >= 11 is 3.87. The zero-order valence-electron chi connectivity index (χ0n) is 19.8. The largest absolute Gasteiger partial charge is 0.480 e. The number of nitrogens with two attached hydrogens (primary N) is 2. The first kappa shape index (κ1) is 29.1. The Kier molecular flexibility index (Phi) is 11.7. The first-order valence-electron chi connectivity index (χ1n) is 11.6. The molecule has 0 spiro atoms. The third kappa shape index (κ3) is 8.22. The topological polar surface area (TPSA) is 213 Å². The van der Waals surface area contributed by atoms with Crippen molar-refractivity contribution in [2.45, 2.75) is 49.9 Å². The van der Waals surface area contributed by atoms with Gasteiger partial charge in [0.1, 0.15) is 18.1 Å². The zero-order chi connectivity index (χ0) is 26.7. The number of aromatic amines is 1. The number of H-pyrrole nitrogens is 1. The molecule has 0 aliphatic rings. The van der Waals surface area contributed by atoms with E-state index in [9.17, 15) is 24.3 Å². The van der Waals surface area contributed by atoms with E-state index in [0.29, 0.717) is 19.4 Å². The minimum atomic E-state index is -1.42. The Bertz CT molecular complexity index is 1050. The maximum Gasteiger partial charge on any atom is 0.327 e. The van der Waals surface area contributed by atoms with E-state index in [-0.39, 0.29) is 18.6 Å². The number of aromatic nitrogens is 1. The van der Waals surface area contributed by atoms with Gasteiger partial charge in [-0.25, -0.2) is 4.79 Å². The molecule has 0 radical (unpaired) electrons. The van der Waals surface area contributed by atoms with Crippen LogP contribution >= 0.6 is 12.6 Å². The van der Waals surface area contributed by atoms with Gasteiger partial charge in [0, 0.05) is 22.9 Å². The number of aliphatic hydroxyl groups excluding tert-OH is 1. The molecule has 4 unspecified atom stereocenters. The lowest BCUT2D eigenvalue weighted by Crippen LogP contribution is -2.58. The molecular formula is C23H34N6O6S. The number of carboxylic acids is 1. The molecule has 0 fully saturated rings. The highest BCUT2D eigenvalue weighted by Crippen LogP contribution is 2.18. The summed E-state index contributed by atoms with van der Waals surface area (Å²) in [4.78, 5) is 52.4. The fraction of sp³-hybridized carbons (Fsp3) is 0.478. The van der Waals surface area contributed by atoms with E-state index in [1.807, 2.05) is 24.3 Å². The maximum atomic E-state index is 12.9. The molecule has 1 aromatic carbocycles. The molecular weight excluding hydrogens is 488 g/mol. The highest BCUT2D eigenvalue weighted by atomic mass is 32.1. The number of amides is 3. The van der Waals surface area contributed by atoms with Crippen LogP contribution < -0.4 is 27.4 Å². The van der Waals surface area contributed by atoms with Crippen LogP contribution in [0, 0.1) is 0 Å². The molecule has 2 aromatic rings. The van der Waals surface area contributed by atoms with Crippen molar-refractivity contribution in [3.8, 4) is 0 Å². The van der Waals surface area contributed by atoms with Gasteiger partial charge in [-0.2, -0.15) is 12.6 Å². The van der Waals surface area contributed by atoms with Gasteiger partial charge in [-0.1, -0.05) is 18.2 Å². The van der Waals surface area contributed by atoms with Crippen molar-refractivity contribution in [1.29, 1.82) is 0 Å². The molecule has 0 aliphatic carbocycles. The lowest BCUT2D eigenvalue weighted by Gasteiger charge is -2.24. The first-order valence-corrected chi connectivity index (χ1v) is 12.2. The molecule has 1 aromatic heterocycles. The number of hydrogen-bond acceptors (Lipinski definition) is 8. The van der Waals surface area contributed by atoms with Crippen LogP contribution in [0.3, 0.4) is 0 Å². The number of rotatable bonds is 15. The number of hydrogen-bond donors (Lipinski definition) is 9. The number of nitrogens with one attached hydrogen (secondary N) is 4. The molecule has 0 saturated heterocycles. The van der Waals surface area contributed by atoms with E-state index in [4.69, 9.17) is 16.6 Å². The fourth-order valence-corrected chi connectivity index (χ4v) is 3.84. The summed E-state index contributed by atoms with van der Waals surface area (Å²) in [7, 11) is 0. The molecule has 2 rings (SSSR count). The first-order chi connectivity index (χ1) is 17.2. The Labute approximate surface area is 214 Å². The number of carbonyl (C=O) groups excluding carboxylic acids is 3. The van der Waals surface area contributed by atoms with Gasteiger partial charge in [-0.3, -0.25) is 14.4 Å². The monoisotopic (exact) mass is 522 g/mol. The predicted molar refractivity (Wildman–Crippen MR) is 137 cm³/mol. The third-order valence-corrected chi connectivity index (χ3v) is 6.01. The second-order valence-electron chi connectivity index (χ2n) is 8.34. The van der Waals surface area contributed by atoms with Crippen LogP contribution in [0.2, 0.25) is 0 Å². The molecule has 12 nitrogen and oxygen atoms in total. The molecule has 4 atom stereocenters. The Hall–Kier alpha value is -3.13. The lowest BCUT2D eigenvalue weighted by molar-refractivity contribution is -0.142. The highest BCUT2D eigenvalue weighted by molar-refractivity contribution is 7.80. The number of carboxylic acid groups (broad SMARTS) is 1. The number of para-hydroxylation sites is 1. The summed E-state index contributed by atoms with van der Waals surface area (Å²) in [5, 5.41) is 26.8. The Morgan fingerprint density at radius 1 is 0.972 bits per heavy atom. The molecule has 1 heterocycles. The smallest absolute Gasteiger partial charge is 0.327 e. The molecule has 0 saturated carbocycles. The molecule has 13 heteroatoms. The molecule has 0 bridgehead atoms. The molecule has 3 amide bonds. The van der Waals surface area contributed by atoms with Crippen LogP contribution in [-0.2, 0) is 25.6 Å². The minimum Gasteiger partial charge on any atom is -0.480 e. The summed E-state index contributed by atoms with van der Waals surface area (Å²) in [6.07, 6.45) is 3.36. The maximum absolute atomic E-state index is 12.9. The average Bonchev–Trinajstić information content (AvgIpc) is 3.27. The van der Waals surface area contributed by atoms with E-state index >= 15 is 0 Å². The molecule has 0 aliphatic heterocycles. The summed E-state index contributed by atoms with van der Waals surface area (Å²) in [5.41, 5.74) is 13.4. The van der Waals surface area contributed by atoms with Crippen molar-refractivity contribution >= 4 is 47.2 Å². The van der Waals surface area contributed by atoms with Crippen molar-refractivity contribution < 1.29 is 29.4 Å². The normalized spacial score (nSPS) is 14.4. The van der Waals surface area contributed by atoms with Crippen molar-refractivity contribution in [3.63, 3.8) is 0 Å². The van der Waals surface area contributed by atoms with E-state index in [2.05, 4.69) is 33.6 Å². The fourth-order valence-electron chi connectivity index (χ4n) is 3.59. The van der Waals surface area contributed by atoms with Crippen LogP contribution in [0.5, 0.6) is 0 Å². The van der Waals surface area contributed by atoms with Gasteiger partial charge in [0.25, 0.3) is 0 Å². The summed E-state index contributed by atoms with van der Waals surface area (Å²) in [6.45, 7) is -0.385. The van der Waals surface area contributed by atoms with E-state index < -0.39 is 54.5 Å². The molecule has 10 N–H and O–H groups in total. The van der Waals surface area contributed by atoms with Gasteiger partial charge in [0.05, 0.1) is 12.6 Å². The van der Waals surface area contributed by atoms with Gasteiger partial charge < -0.3 is 42.6 Å². The van der Waals surface area contributed by atoms with Crippen molar-refractivity contribution in [1.82, 2.24) is 20.9 Å². The van der Waals surface area contributed by atoms with E-state index in [1.54, 1.807) is 6.20 Å². The number of carbonyl (C=O) groups is 4. The second-order valence-corrected chi connectivity index (χ2v) is 8.71. The summed E-state index contributed by atoms with van der Waals surface area (Å²) in [5.74, 6) is -3.65. The summed E-state index contributed by atoms with van der Waals surface area (Å²) in [6, 6.07) is 2.88. The number of aliphatic hydroxyl groups is 1. The number of unbranched alkanes of at least 4 members (excludes halogenated alkanes) is 1. The van der Waals surface area contributed by atoms with Gasteiger partial charge >= 0.3 is 5.97 Å². The average molecular weight is 523 g/mol. The Morgan fingerprint density at radius 3 is 2.25 bits per heavy atom. The van der Waals surface area contributed by atoms with Crippen LogP contribution in [-0.4, -0.2) is 82.0 Å². The number of fused-ring (bicyclic) bond motifs is 1. The Balaban J connectivity index is 2.06. The van der Waals surface area contributed by atoms with E-state index in [1.165, 1.54) is 0 Å². The number of thiol groups is 1. The third-order valence-electron chi connectivity index (χ3n) is 5.64. The lowest BCUT2D eigenvalue weighted by atomic mass is 10.0. The van der Waals surface area contributed by atoms with Crippen LogP contribution in [0.1, 0.15) is 24.8 Å². The molecule has 198 valence electrons. The SMILES string of the molecule is NCCCCC(NC(=O)C(N)Cc1c[nH]c2ccccc12)C(=O)NC(CO)C(=O)NC(CS)C(=O)O. The van der Waals surface area contributed by atoms with Gasteiger partial charge in [-0.05, 0) is 43.9 Å². The predicted octanol–water partition coefficient (Wildman–Crippen LogP) is -1.37. The number of benzene rings is 1. The highest BCUT2D eigenvalue weighted by Gasteiger charge is 2.29. The van der Waals surface area contributed by atoms with Crippen molar-refractivity contribution in [2.75, 3.05) is 18.9 Å². The second kappa shape index (κ2) is 14.4. The molecule has 36 heavy (non-hydrogen) atoms. The van der Waals surface area contributed by atoms with Gasteiger partial charge in [-0.15, -0.1) is 0 Å². The summed E-state index contributed by atoms with van der Waals surface area (Å²) < 4.78 is 0. The van der Waals surface area contributed by atoms with Gasteiger partial charge in [0.15, 0.2) is 0 Å². The zero-order valence-corrected chi connectivity index (χ0v) is 20.7. The van der Waals surface area contributed by atoms with E-state index in [0.717, 1.165) is 16.5 Å². The minimum absolute atomic E-state index is 0.181. The quantitative estimate of drug-likeness (QED) is 0.100. The van der Waals surface area contributed by atoms with Crippen LogP contribution in [0.15, 0.2) is 30.5 Å². The van der Waals surface area contributed by atoms with Crippen molar-refractivity contribution in [2.24, 2.45) is 11.5 Å². The standard InChI is InChI=1S/C23H34N6O6S/c24-8-4-3-7-17(21(32)28-18(11-30)22(33)29-19(12-36)23(34)35)27-20(31)15(25)9-13-10-26-16-6-2-1-5-14(13)16/h1-2,5-6,10,15,17-19,26,30,36H,3-4,7-9,11-12,24-25H2,(H,27,31)(H,28,32)(H,29,33)(H,34,35).